The van der Waals surface area contributed by atoms with Gasteiger partial charge in [0.15, 0.2) is 0 Å². The zero-order valence-corrected chi connectivity index (χ0v) is 12.0. The number of hydrogen-bond donors (Lipinski definition) is 2. The van der Waals surface area contributed by atoms with Crippen LogP contribution in [-0.2, 0) is 16.0 Å². The maximum atomic E-state index is 11.8. The summed E-state index contributed by atoms with van der Waals surface area (Å²) in [5.41, 5.74) is 2.49. The zero-order chi connectivity index (χ0) is 12.8. The summed E-state index contributed by atoms with van der Waals surface area (Å²) in [6.45, 7) is 4.76. The van der Waals surface area contributed by atoms with Crippen LogP contribution in [0, 0.1) is 6.92 Å². The molecule has 1 fully saturated rings. The van der Waals surface area contributed by atoms with Crippen LogP contribution in [-0.4, -0.2) is 38.3 Å². The van der Waals surface area contributed by atoms with Crippen LogP contribution in [0.1, 0.15) is 11.1 Å². The molecule has 0 saturated carbocycles. The van der Waals surface area contributed by atoms with Crippen molar-refractivity contribution in [3.63, 3.8) is 0 Å². The van der Waals surface area contributed by atoms with Gasteiger partial charge in [0.05, 0.1) is 6.61 Å². The Hall–Kier alpha value is -1.10. The largest absolute Gasteiger partial charge is 0.366 e. The number of morpholine rings is 1. The van der Waals surface area contributed by atoms with Gasteiger partial charge in [-0.1, -0.05) is 29.8 Å². The Morgan fingerprint density at radius 3 is 2.79 bits per heavy atom. The standard InChI is InChI=1S/C14H20N2O2.ClH/c1-11-2-4-12(5-3-11)6-7-16-14(17)13-10-15-8-9-18-13;/h2-5,13,15H,6-10H2,1H3,(H,16,17);1H. The number of hydrogen-bond acceptors (Lipinski definition) is 3. The maximum absolute atomic E-state index is 11.8. The van der Waals surface area contributed by atoms with E-state index in [1.807, 2.05) is 0 Å². The number of nitrogens with one attached hydrogen (secondary N) is 2. The van der Waals surface area contributed by atoms with Crippen molar-refractivity contribution in [2.24, 2.45) is 0 Å². The molecule has 1 heterocycles. The average molecular weight is 285 g/mol. The predicted octanol–water partition coefficient (Wildman–Crippen LogP) is 1.06. The highest BCUT2D eigenvalue weighted by Gasteiger charge is 2.20. The van der Waals surface area contributed by atoms with Crippen molar-refractivity contribution in [1.29, 1.82) is 0 Å². The first kappa shape index (κ1) is 16.0. The fourth-order valence-corrected chi connectivity index (χ4v) is 1.93. The van der Waals surface area contributed by atoms with Gasteiger partial charge in [-0.15, -0.1) is 12.4 Å². The molecule has 0 aliphatic carbocycles. The number of benzene rings is 1. The Labute approximate surface area is 120 Å². The molecule has 1 aliphatic rings. The number of ether oxygens (including phenoxy) is 1. The van der Waals surface area contributed by atoms with E-state index < -0.39 is 0 Å². The number of amides is 1. The quantitative estimate of drug-likeness (QED) is 0.869. The van der Waals surface area contributed by atoms with Gasteiger partial charge in [0.2, 0.25) is 5.91 Å². The molecule has 2 N–H and O–H groups in total. The zero-order valence-electron chi connectivity index (χ0n) is 11.1. The Morgan fingerprint density at radius 2 is 2.16 bits per heavy atom. The highest BCUT2D eigenvalue weighted by atomic mass is 35.5. The Morgan fingerprint density at radius 1 is 1.42 bits per heavy atom. The van der Waals surface area contributed by atoms with Gasteiger partial charge in [0.1, 0.15) is 6.10 Å². The van der Waals surface area contributed by atoms with E-state index in [4.69, 9.17) is 4.74 Å². The van der Waals surface area contributed by atoms with Gasteiger partial charge in [0.25, 0.3) is 0 Å². The van der Waals surface area contributed by atoms with Crippen LogP contribution in [0.4, 0.5) is 0 Å². The Balaban J connectivity index is 0.00000180. The number of rotatable bonds is 4. The number of aryl methyl sites for hydroxylation is 1. The van der Waals surface area contributed by atoms with E-state index in [-0.39, 0.29) is 24.4 Å². The van der Waals surface area contributed by atoms with Crippen molar-refractivity contribution in [2.75, 3.05) is 26.2 Å². The Bertz CT molecular complexity index is 389. The van der Waals surface area contributed by atoms with E-state index in [0.29, 0.717) is 19.7 Å². The number of carbonyl (C=O) groups is 1. The lowest BCUT2D eigenvalue weighted by atomic mass is 10.1. The monoisotopic (exact) mass is 284 g/mol. The molecule has 5 heteroatoms. The summed E-state index contributed by atoms with van der Waals surface area (Å²) in [7, 11) is 0. The van der Waals surface area contributed by atoms with E-state index in [0.717, 1.165) is 13.0 Å². The molecule has 0 spiro atoms. The fraction of sp³-hybridized carbons (Fsp3) is 0.500. The molecule has 1 aromatic rings. The molecular weight excluding hydrogens is 264 g/mol. The van der Waals surface area contributed by atoms with Crippen LogP contribution in [0.5, 0.6) is 0 Å². The summed E-state index contributed by atoms with van der Waals surface area (Å²) in [5.74, 6) is -0.0192. The van der Waals surface area contributed by atoms with Crippen LogP contribution in [0.25, 0.3) is 0 Å². The van der Waals surface area contributed by atoms with Crippen LogP contribution in [0.3, 0.4) is 0 Å². The van der Waals surface area contributed by atoms with Gasteiger partial charge in [-0.2, -0.15) is 0 Å². The molecule has 0 aromatic heterocycles. The van der Waals surface area contributed by atoms with Gasteiger partial charge >= 0.3 is 0 Å². The van der Waals surface area contributed by atoms with Gasteiger partial charge in [-0.05, 0) is 18.9 Å². The SMILES string of the molecule is Cc1ccc(CCNC(=O)C2CNCCO2)cc1.Cl. The third kappa shape index (κ3) is 5.19. The molecule has 1 saturated heterocycles. The lowest BCUT2D eigenvalue weighted by Crippen LogP contribution is -2.48. The predicted molar refractivity (Wildman–Crippen MR) is 77.8 cm³/mol. The molecule has 1 aliphatic heterocycles. The van der Waals surface area contributed by atoms with Crippen molar-refractivity contribution >= 4 is 18.3 Å². The molecule has 4 nitrogen and oxygen atoms in total. The second-order valence-electron chi connectivity index (χ2n) is 4.59. The molecule has 0 bridgehead atoms. The van der Waals surface area contributed by atoms with E-state index >= 15 is 0 Å². The van der Waals surface area contributed by atoms with Crippen molar-refractivity contribution in [1.82, 2.24) is 10.6 Å². The summed E-state index contributed by atoms with van der Waals surface area (Å²) in [6.07, 6.45) is 0.517. The highest BCUT2D eigenvalue weighted by molar-refractivity contribution is 5.85. The molecule has 19 heavy (non-hydrogen) atoms. The summed E-state index contributed by atoms with van der Waals surface area (Å²) in [4.78, 5) is 11.8. The second kappa shape index (κ2) is 8.15. The third-order valence-corrected chi connectivity index (χ3v) is 3.05. The van der Waals surface area contributed by atoms with E-state index in [1.165, 1.54) is 11.1 Å². The highest BCUT2D eigenvalue weighted by Crippen LogP contribution is 2.03. The van der Waals surface area contributed by atoms with Gasteiger partial charge < -0.3 is 15.4 Å². The number of carbonyl (C=O) groups excluding carboxylic acids is 1. The molecule has 1 amide bonds. The van der Waals surface area contributed by atoms with Crippen LogP contribution in [0.2, 0.25) is 0 Å². The van der Waals surface area contributed by atoms with Crippen molar-refractivity contribution in [3.8, 4) is 0 Å². The minimum atomic E-state index is -0.336. The summed E-state index contributed by atoms with van der Waals surface area (Å²) in [5, 5.41) is 6.06. The lowest BCUT2D eigenvalue weighted by Gasteiger charge is -2.22. The van der Waals surface area contributed by atoms with Crippen molar-refractivity contribution in [3.05, 3.63) is 35.4 Å². The first-order chi connectivity index (χ1) is 8.75. The molecular formula is C14H21ClN2O2. The third-order valence-electron chi connectivity index (χ3n) is 3.05. The van der Waals surface area contributed by atoms with Gasteiger partial charge in [-0.3, -0.25) is 4.79 Å². The van der Waals surface area contributed by atoms with Crippen molar-refractivity contribution < 1.29 is 9.53 Å². The second-order valence-corrected chi connectivity index (χ2v) is 4.59. The van der Waals surface area contributed by atoms with Gasteiger partial charge in [-0.25, -0.2) is 0 Å². The van der Waals surface area contributed by atoms with Crippen molar-refractivity contribution in [2.45, 2.75) is 19.4 Å². The van der Waals surface area contributed by atoms with Crippen LogP contribution < -0.4 is 10.6 Å². The average Bonchev–Trinajstić information content (AvgIpc) is 2.42. The topological polar surface area (TPSA) is 50.4 Å². The van der Waals surface area contributed by atoms with Crippen LogP contribution in [0.15, 0.2) is 24.3 Å². The fourth-order valence-electron chi connectivity index (χ4n) is 1.93. The summed E-state index contributed by atoms with van der Waals surface area (Å²) in [6, 6.07) is 8.37. The lowest BCUT2D eigenvalue weighted by molar-refractivity contribution is -0.134. The maximum Gasteiger partial charge on any atom is 0.250 e. The molecule has 2 rings (SSSR count). The molecule has 1 aromatic carbocycles. The van der Waals surface area contributed by atoms with Crippen LogP contribution >= 0.6 is 12.4 Å². The first-order valence-corrected chi connectivity index (χ1v) is 6.41. The minimum Gasteiger partial charge on any atom is -0.366 e. The van der Waals surface area contributed by atoms with E-state index in [2.05, 4.69) is 41.8 Å². The normalized spacial score (nSPS) is 18.5. The van der Waals surface area contributed by atoms with E-state index in [1.54, 1.807) is 0 Å². The summed E-state index contributed by atoms with van der Waals surface area (Å²) < 4.78 is 5.38. The molecule has 0 radical (unpaired) electrons. The number of halogens is 1. The Kier molecular flexibility index (Phi) is 6.84. The first-order valence-electron chi connectivity index (χ1n) is 6.41. The molecule has 106 valence electrons. The molecule has 1 unspecified atom stereocenters. The summed E-state index contributed by atoms with van der Waals surface area (Å²) >= 11 is 0. The minimum absolute atomic E-state index is 0. The van der Waals surface area contributed by atoms with Gasteiger partial charge in [0, 0.05) is 19.6 Å². The smallest absolute Gasteiger partial charge is 0.250 e. The molecule has 1 atom stereocenters. The van der Waals surface area contributed by atoms with E-state index in [9.17, 15) is 4.79 Å².